The van der Waals surface area contributed by atoms with Crippen LogP contribution in [0.1, 0.15) is 23.7 Å². The van der Waals surface area contributed by atoms with Gasteiger partial charge in [-0.3, -0.25) is 9.69 Å². The van der Waals surface area contributed by atoms with E-state index in [2.05, 4.69) is 10.3 Å². The Bertz CT molecular complexity index is 998. The summed E-state index contributed by atoms with van der Waals surface area (Å²) in [5.41, 5.74) is 2.65. The second-order valence-corrected chi connectivity index (χ2v) is 7.68. The van der Waals surface area contributed by atoms with E-state index in [9.17, 15) is 9.59 Å². The van der Waals surface area contributed by atoms with E-state index in [0.29, 0.717) is 5.69 Å². The van der Waals surface area contributed by atoms with Gasteiger partial charge < -0.3 is 5.32 Å². The van der Waals surface area contributed by atoms with E-state index in [-0.39, 0.29) is 12.5 Å². The predicted molar refractivity (Wildman–Crippen MR) is 105 cm³/mol. The number of carbonyl (C=O) groups is 2. The number of amides is 3. The molecule has 1 aliphatic rings. The Morgan fingerprint density at radius 3 is 2.48 bits per heavy atom. The van der Waals surface area contributed by atoms with Crippen LogP contribution in [-0.2, 0) is 16.9 Å². The van der Waals surface area contributed by atoms with Crippen molar-refractivity contribution in [2.75, 3.05) is 0 Å². The number of hydrogen-bond acceptors (Lipinski definition) is 4. The Morgan fingerprint density at radius 2 is 1.78 bits per heavy atom. The lowest BCUT2D eigenvalue weighted by molar-refractivity contribution is -0.131. The molecule has 0 unspecified atom stereocenters. The number of carbonyl (C=O) groups excluding carboxylic acids is 2. The maximum absolute atomic E-state index is 13.0. The van der Waals surface area contributed by atoms with Gasteiger partial charge in [-0.05, 0) is 19.4 Å². The van der Waals surface area contributed by atoms with Gasteiger partial charge in [0.25, 0.3) is 5.91 Å². The molecule has 1 aliphatic heterocycles. The van der Waals surface area contributed by atoms with Gasteiger partial charge >= 0.3 is 6.03 Å². The number of imide groups is 1. The summed E-state index contributed by atoms with van der Waals surface area (Å²) in [6.45, 7) is 3.94. The van der Waals surface area contributed by atoms with E-state index < -0.39 is 11.6 Å². The van der Waals surface area contributed by atoms with Crippen molar-refractivity contribution in [1.82, 2.24) is 15.2 Å². The first-order valence-electron chi connectivity index (χ1n) is 8.68. The third kappa shape index (κ3) is 3.13. The van der Waals surface area contributed by atoms with Crippen molar-refractivity contribution in [2.45, 2.75) is 25.9 Å². The number of urea groups is 1. The summed E-state index contributed by atoms with van der Waals surface area (Å²) in [5, 5.41) is 5.60. The van der Waals surface area contributed by atoms with Gasteiger partial charge in [-0.15, -0.1) is 11.3 Å². The Hall–Kier alpha value is -2.99. The first-order chi connectivity index (χ1) is 13.0. The fourth-order valence-corrected chi connectivity index (χ4v) is 4.00. The lowest BCUT2D eigenvalue weighted by Gasteiger charge is -2.21. The second-order valence-electron chi connectivity index (χ2n) is 6.82. The summed E-state index contributed by atoms with van der Waals surface area (Å²) in [4.78, 5) is 31.3. The van der Waals surface area contributed by atoms with Crippen molar-refractivity contribution in [3.05, 3.63) is 76.8 Å². The third-order valence-electron chi connectivity index (χ3n) is 4.80. The number of nitrogens with one attached hydrogen (secondary N) is 1. The van der Waals surface area contributed by atoms with Crippen molar-refractivity contribution in [3.63, 3.8) is 0 Å². The molecule has 27 heavy (non-hydrogen) atoms. The van der Waals surface area contributed by atoms with Gasteiger partial charge in [0.05, 0.1) is 12.2 Å². The molecule has 0 aliphatic carbocycles. The molecule has 5 nitrogen and oxygen atoms in total. The highest BCUT2D eigenvalue weighted by Gasteiger charge is 2.48. The molecule has 3 amide bonds. The van der Waals surface area contributed by atoms with Gasteiger partial charge in [-0.25, -0.2) is 9.78 Å². The molecule has 1 saturated heterocycles. The average Bonchev–Trinajstić information content (AvgIpc) is 3.23. The Labute approximate surface area is 161 Å². The highest BCUT2D eigenvalue weighted by molar-refractivity contribution is 7.13. The smallest absolute Gasteiger partial charge is 0.319 e. The fraction of sp³-hybridized carbons (Fsp3) is 0.190. The summed E-state index contributed by atoms with van der Waals surface area (Å²) < 4.78 is 0. The molecule has 136 valence electrons. The Balaban J connectivity index is 1.56. The fourth-order valence-electron chi connectivity index (χ4n) is 3.18. The van der Waals surface area contributed by atoms with Crippen molar-refractivity contribution in [1.29, 1.82) is 0 Å². The van der Waals surface area contributed by atoms with Crippen LogP contribution in [-0.4, -0.2) is 21.8 Å². The number of nitrogens with zero attached hydrogens (tertiary/aromatic N) is 2. The molecule has 1 N–H and O–H groups in total. The molecular formula is C21H19N3O2S. The normalized spacial score (nSPS) is 19.4. The van der Waals surface area contributed by atoms with Gasteiger partial charge in [0.1, 0.15) is 10.5 Å². The lowest BCUT2D eigenvalue weighted by atomic mass is 9.92. The number of thiazole rings is 1. The number of hydrogen-bond donors (Lipinski definition) is 1. The van der Waals surface area contributed by atoms with Crippen LogP contribution in [0.15, 0.2) is 60.0 Å². The minimum Gasteiger partial charge on any atom is -0.319 e. The first-order valence-corrected chi connectivity index (χ1v) is 9.56. The maximum atomic E-state index is 13.0. The summed E-state index contributed by atoms with van der Waals surface area (Å²) in [6, 6.07) is 17.0. The summed E-state index contributed by atoms with van der Waals surface area (Å²) in [6.07, 6.45) is 0. The zero-order valence-electron chi connectivity index (χ0n) is 15.1. The van der Waals surface area contributed by atoms with E-state index in [1.807, 2.05) is 66.9 Å². The zero-order chi connectivity index (χ0) is 19.0. The molecule has 6 heteroatoms. The zero-order valence-corrected chi connectivity index (χ0v) is 15.9. The average molecular weight is 377 g/mol. The second kappa shape index (κ2) is 6.63. The van der Waals surface area contributed by atoms with Gasteiger partial charge in [0.15, 0.2) is 0 Å². The van der Waals surface area contributed by atoms with Crippen LogP contribution < -0.4 is 5.32 Å². The lowest BCUT2D eigenvalue weighted by Crippen LogP contribution is -2.40. The molecule has 0 radical (unpaired) electrons. The van der Waals surface area contributed by atoms with E-state index in [1.165, 1.54) is 21.8 Å². The van der Waals surface area contributed by atoms with Gasteiger partial charge in [0.2, 0.25) is 0 Å². The van der Waals surface area contributed by atoms with Crippen molar-refractivity contribution in [2.24, 2.45) is 0 Å². The highest BCUT2D eigenvalue weighted by Crippen LogP contribution is 2.30. The van der Waals surface area contributed by atoms with Crippen LogP contribution in [0.25, 0.3) is 10.6 Å². The Kier molecular flexibility index (Phi) is 4.28. The molecular weight excluding hydrogens is 358 g/mol. The van der Waals surface area contributed by atoms with Crippen LogP contribution in [0, 0.1) is 6.92 Å². The van der Waals surface area contributed by atoms with E-state index in [4.69, 9.17) is 0 Å². The highest BCUT2D eigenvalue weighted by atomic mass is 32.1. The molecule has 2 aromatic carbocycles. The third-order valence-corrected chi connectivity index (χ3v) is 5.74. The minimum absolute atomic E-state index is 0.162. The standard InChI is InChI=1S/C21H19N3O2S/c1-14-8-10-15(11-9-14)18-22-17(13-27-18)12-24-19(25)21(2,23-20(24)26)16-6-4-3-5-7-16/h3-11,13H,12H2,1-2H3,(H,23,26)/t21-/m0/s1. The number of benzene rings is 2. The molecule has 0 bridgehead atoms. The molecule has 4 rings (SSSR count). The molecule has 3 aromatic rings. The minimum atomic E-state index is -1.05. The molecule has 1 fully saturated rings. The van der Waals surface area contributed by atoms with Gasteiger partial charge in [-0.1, -0.05) is 60.2 Å². The van der Waals surface area contributed by atoms with E-state index in [1.54, 1.807) is 6.92 Å². The van der Waals surface area contributed by atoms with Gasteiger partial charge in [0, 0.05) is 10.9 Å². The largest absolute Gasteiger partial charge is 0.325 e. The quantitative estimate of drug-likeness (QED) is 0.697. The first kappa shape index (κ1) is 17.4. The van der Waals surface area contributed by atoms with Gasteiger partial charge in [-0.2, -0.15) is 0 Å². The van der Waals surface area contributed by atoms with E-state index in [0.717, 1.165) is 16.1 Å². The summed E-state index contributed by atoms with van der Waals surface area (Å²) in [7, 11) is 0. The molecule has 0 spiro atoms. The summed E-state index contributed by atoms with van der Waals surface area (Å²) >= 11 is 1.51. The number of aromatic nitrogens is 1. The van der Waals surface area contributed by atoms with Crippen molar-refractivity contribution >= 4 is 23.3 Å². The SMILES string of the molecule is Cc1ccc(-c2nc(CN3C(=O)N[C@@](C)(c4ccccc4)C3=O)cs2)cc1. The molecule has 1 atom stereocenters. The van der Waals surface area contributed by atoms with Crippen molar-refractivity contribution < 1.29 is 9.59 Å². The topological polar surface area (TPSA) is 62.3 Å². The predicted octanol–water partition coefficient (Wildman–Crippen LogP) is 4.09. The molecule has 0 saturated carbocycles. The van der Waals surface area contributed by atoms with Crippen molar-refractivity contribution in [3.8, 4) is 10.6 Å². The van der Waals surface area contributed by atoms with Crippen LogP contribution in [0.4, 0.5) is 4.79 Å². The van der Waals surface area contributed by atoms with Crippen LogP contribution in [0.2, 0.25) is 0 Å². The molecule has 2 heterocycles. The van der Waals surface area contributed by atoms with E-state index >= 15 is 0 Å². The summed E-state index contributed by atoms with van der Waals surface area (Å²) in [5.74, 6) is -0.261. The number of rotatable bonds is 4. The molecule has 1 aromatic heterocycles. The van der Waals surface area contributed by atoms with Crippen LogP contribution in [0.5, 0.6) is 0 Å². The van der Waals surface area contributed by atoms with Crippen LogP contribution >= 0.6 is 11.3 Å². The number of aryl methyl sites for hydroxylation is 1. The Morgan fingerprint density at radius 1 is 1.07 bits per heavy atom. The van der Waals surface area contributed by atoms with Crippen LogP contribution in [0.3, 0.4) is 0 Å². The maximum Gasteiger partial charge on any atom is 0.325 e. The monoisotopic (exact) mass is 377 g/mol.